The van der Waals surface area contributed by atoms with Gasteiger partial charge in [0.1, 0.15) is 0 Å². The molecular weight excluding hydrogens is 270 g/mol. The predicted molar refractivity (Wildman–Crippen MR) is 78.3 cm³/mol. The van der Waals surface area contributed by atoms with Crippen LogP contribution in [-0.4, -0.2) is 28.3 Å². The van der Waals surface area contributed by atoms with Gasteiger partial charge < -0.3 is 10.1 Å². The zero-order valence-electron chi connectivity index (χ0n) is 12.2. The number of aryl methyl sites for hydroxylation is 1. The van der Waals surface area contributed by atoms with Crippen LogP contribution >= 0.6 is 0 Å². The summed E-state index contributed by atoms with van der Waals surface area (Å²) in [5.41, 5.74) is 2.37. The molecule has 2 rings (SSSR count). The summed E-state index contributed by atoms with van der Waals surface area (Å²) in [6.45, 7) is 3.91. The molecule has 0 radical (unpaired) electrons. The second-order valence-corrected chi connectivity index (χ2v) is 4.52. The highest BCUT2D eigenvalue weighted by molar-refractivity contribution is 6.05. The summed E-state index contributed by atoms with van der Waals surface area (Å²) in [6, 6.07) is 6.55. The molecule has 0 atom stereocenters. The van der Waals surface area contributed by atoms with Gasteiger partial charge in [0.2, 0.25) is 0 Å². The molecule has 110 valence electrons. The first kappa shape index (κ1) is 14.8. The lowest BCUT2D eigenvalue weighted by atomic mass is 10.2. The fourth-order valence-electron chi connectivity index (χ4n) is 1.82. The molecule has 0 aliphatic heterocycles. The zero-order chi connectivity index (χ0) is 15.4. The lowest BCUT2D eigenvalue weighted by Gasteiger charge is -2.06. The summed E-state index contributed by atoms with van der Waals surface area (Å²) >= 11 is 0. The largest absolute Gasteiger partial charge is 0.462 e. The molecule has 0 spiro atoms. The number of carbonyl (C=O) groups is 2. The minimum Gasteiger partial charge on any atom is -0.462 e. The van der Waals surface area contributed by atoms with Crippen molar-refractivity contribution in [3.05, 3.63) is 47.3 Å². The van der Waals surface area contributed by atoms with Crippen molar-refractivity contribution in [2.75, 3.05) is 11.9 Å². The molecule has 0 unspecified atom stereocenters. The van der Waals surface area contributed by atoms with Crippen molar-refractivity contribution in [3.63, 3.8) is 0 Å². The number of rotatable bonds is 4. The van der Waals surface area contributed by atoms with E-state index in [1.807, 2.05) is 6.92 Å². The standard InChI is InChI=1S/C15H17N3O3/c1-4-21-15(20)11-5-7-12(8-6-11)17-14(19)13-9-16-18(3)10(13)2/h5-9H,4H2,1-3H3,(H,17,19). The van der Waals surface area contributed by atoms with Crippen LogP contribution in [0.5, 0.6) is 0 Å². The number of aromatic nitrogens is 2. The van der Waals surface area contributed by atoms with Crippen molar-refractivity contribution in [3.8, 4) is 0 Å². The zero-order valence-corrected chi connectivity index (χ0v) is 12.2. The molecule has 6 nitrogen and oxygen atoms in total. The summed E-state index contributed by atoms with van der Waals surface area (Å²) < 4.78 is 6.54. The molecule has 1 heterocycles. The highest BCUT2D eigenvalue weighted by Gasteiger charge is 2.13. The Labute approximate surface area is 122 Å². The first-order chi connectivity index (χ1) is 10.0. The molecule has 6 heteroatoms. The first-order valence-corrected chi connectivity index (χ1v) is 6.60. The van der Waals surface area contributed by atoms with E-state index >= 15 is 0 Å². The van der Waals surface area contributed by atoms with E-state index in [1.54, 1.807) is 42.9 Å². The van der Waals surface area contributed by atoms with E-state index in [4.69, 9.17) is 4.74 Å². The van der Waals surface area contributed by atoms with Gasteiger partial charge in [-0.3, -0.25) is 9.48 Å². The summed E-state index contributed by atoms with van der Waals surface area (Å²) in [7, 11) is 1.78. The molecule has 0 fully saturated rings. The molecule has 0 bridgehead atoms. The van der Waals surface area contributed by atoms with E-state index in [0.29, 0.717) is 23.4 Å². The topological polar surface area (TPSA) is 73.2 Å². The van der Waals surface area contributed by atoms with Crippen LogP contribution in [-0.2, 0) is 11.8 Å². The number of nitrogens with one attached hydrogen (secondary N) is 1. The minimum atomic E-state index is -0.376. The Morgan fingerprint density at radius 3 is 2.48 bits per heavy atom. The Bertz CT molecular complexity index is 659. The highest BCUT2D eigenvalue weighted by atomic mass is 16.5. The monoisotopic (exact) mass is 287 g/mol. The molecule has 1 amide bonds. The van der Waals surface area contributed by atoms with Gasteiger partial charge in [0.25, 0.3) is 5.91 Å². The molecule has 1 aromatic carbocycles. The predicted octanol–water partition coefficient (Wildman–Crippen LogP) is 2.16. The van der Waals surface area contributed by atoms with Crippen LogP contribution in [0.2, 0.25) is 0 Å². The van der Waals surface area contributed by atoms with Crippen LogP contribution in [0.3, 0.4) is 0 Å². The molecular formula is C15H17N3O3. The number of amides is 1. The SMILES string of the molecule is CCOC(=O)c1ccc(NC(=O)c2cnn(C)c2C)cc1. The van der Waals surface area contributed by atoms with Crippen molar-refractivity contribution < 1.29 is 14.3 Å². The van der Waals surface area contributed by atoms with Crippen molar-refractivity contribution in [1.82, 2.24) is 9.78 Å². The van der Waals surface area contributed by atoms with Crippen LogP contribution in [0.4, 0.5) is 5.69 Å². The number of hydrogen-bond acceptors (Lipinski definition) is 4. The molecule has 1 aromatic heterocycles. The molecule has 2 aromatic rings. The van der Waals surface area contributed by atoms with E-state index < -0.39 is 0 Å². The van der Waals surface area contributed by atoms with Crippen molar-refractivity contribution in [2.24, 2.45) is 7.05 Å². The van der Waals surface area contributed by atoms with Gasteiger partial charge in [0.05, 0.1) is 23.9 Å². The molecule has 0 aliphatic rings. The number of benzene rings is 1. The summed E-state index contributed by atoms with van der Waals surface area (Å²) in [5.74, 6) is -0.608. The molecule has 1 N–H and O–H groups in total. The van der Waals surface area contributed by atoms with E-state index in [9.17, 15) is 9.59 Å². The fraction of sp³-hybridized carbons (Fsp3) is 0.267. The number of carbonyl (C=O) groups excluding carboxylic acids is 2. The average Bonchev–Trinajstić information content (AvgIpc) is 2.80. The third kappa shape index (κ3) is 3.28. The van der Waals surface area contributed by atoms with Crippen LogP contribution in [0.25, 0.3) is 0 Å². The maximum atomic E-state index is 12.1. The van der Waals surface area contributed by atoms with Gasteiger partial charge in [-0.25, -0.2) is 4.79 Å². The number of hydrogen-bond donors (Lipinski definition) is 1. The Morgan fingerprint density at radius 2 is 1.95 bits per heavy atom. The maximum Gasteiger partial charge on any atom is 0.338 e. The van der Waals surface area contributed by atoms with Crippen LogP contribution in [0.1, 0.15) is 33.3 Å². The van der Waals surface area contributed by atoms with Crippen molar-refractivity contribution in [1.29, 1.82) is 0 Å². The normalized spacial score (nSPS) is 10.2. The van der Waals surface area contributed by atoms with E-state index in [0.717, 1.165) is 5.69 Å². The van der Waals surface area contributed by atoms with Gasteiger partial charge in [-0.1, -0.05) is 0 Å². The Hall–Kier alpha value is -2.63. The lowest BCUT2D eigenvalue weighted by molar-refractivity contribution is 0.0526. The van der Waals surface area contributed by atoms with E-state index in [1.165, 1.54) is 6.20 Å². The fourth-order valence-corrected chi connectivity index (χ4v) is 1.82. The Balaban J connectivity index is 2.08. The first-order valence-electron chi connectivity index (χ1n) is 6.60. The number of esters is 1. The third-order valence-electron chi connectivity index (χ3n) is 3.13. The van der Waals surface area contributed by atoms with Gasteiger partial charge in [-0.05, 0) is 38.1 Å². The van der Waals surface area contributed by atoms with Crippen molar-refractivity contribution in [2.45, 2.75) is 13.8 Å². The second kappa shape index (κ2) is 6.21. The number of ether oxygens (including phenoxy) is 1. The van der Waals surface area contributed by atoms with Crippen LogP contribution in [0, 0.1) is 6.92 Å². The lowest BCUT2D eigenvalue weighted by Crippen LogP contribution is -2.13. The summed E-state index contributed by atoms with van der Waals surface area (Å²) in [4.78, 5) is 23.6. The van der Waals surface area contributed by atoms with Gasteiger partial charge in [0, 0.05) is 18.4 Å². The second-order valence-electron chi connectivity index (χ2n) is 4.52. The van der Waals surface area contributed by atoms with Gasteiger partial charge in [-0.2, -0.15) is 5.10 Å². The summed E-state index contributed by atoms with van der Waals surface area (Å²) in [5, 5.41) is 6.80. The molecule has 0 saturated carbocycles. The number of nitrogens with zero attached hydrogens (tertiary/aromatic N) is 2. The molecule has 0 saturated heterocycles. The Morgan fingerprint density at radius 1 is 1.29 bits per heavy atom. The third-order valence-corrected chi connectivity index (χ3v) is 3.13. The van der Waals surface area contributed by atoms with Crippen LogP contribution in [0.15, 0.2) is 30.5 Å². The van der Waals surface area contributed by atoms with Gasteiger partial charge >= 0.3 is 5.97 Å². The highest BCUT2D eigenvalue weighted by Crippen LogP contribution is 2.13. The van der Waals surface area contributed by atoms with Crippen molar-refractivity contribution >= 4 is 17.6 Å². The van der Waals surface area contributed by atoms with E-state index in [2.05, 4.69) is 10.4 Å². The van der Waals surface area contributed by atoms with Crippen LogP contribution < -0.4 is 5.32 Å². The van der Waals surface area contributed by atoms with Gasteiger partial charge in [0.15, 0.2) is 0 Å². The van der Waals surface area contributed by atoms with E-state index in [-0.39, 0.29) is 11.9 Å². The Kier molecular flexibility index (Phi) is 4.37. The average molecular weight is 287 g/mol. The summed E-state index contributed by atoms with van der Waals surface area (Å²) in [6.07, 6.45) is 1.53. The molecule has 0 aliphatic carbocycles. The smallest absolute Gasteiger partial charge is 0.338 e. The maximum absolute atomic E-state index is 12.1. The van der Waals surface area contributed by atoms with Gasteiger partial charge in [-0.15, -0.1) is 0 Å². The molecule has 21 heavy (non-hydrogen) atoms. The minimum absolute atomic E-state index is 0.232. The quantitative estimate of drug-likeness (QED) is 0.874. The number of anilines is 1.